The SMILES string of the molecule is COc1ccccc1CNC(=O)C(=O)Nc1ccccc1Oc1ccccc1. The first-order valence-electron chi connectivity index (χ1n) is 8.70. The first-order chi connectivity index (χ1) is 13.7. The fourth-order valence-electron chi connectivity index (χ4n) is 2.56. The molecule has 0 aliphatic carbocycles. The molecule has 0 heterocycles. The van der Waals surface area contributed by atoms with Gasteiger partial charge in [0.2, 0.25) is 0 Å². The highest BCUT2D eigenvalue weighted by atomic mass is 16.5. The Morgan fingerprint density at radius 3 is 2.18 bits per heavy atom. The zero-order valence-electron chi connectivity index (χ0n) is 15.3. The first kappa shape index (κ1) is 19.0. The number of carbonyl (C=O) groups excluding carboxylic acids is 2. The monoisotopic (exact) mass is 376 g/mol. The predicted molar refractivity (Wildman–Crippen MR) is 106 cm³/mol. The molecule has 0 aromatic heterocycles. The van der Waals surface area contributed by atoms with E-state index in [1.54, 1.807) is 49.6 Å². The Morgan fingerprint density at radius 2 is 1.43 bits per heavy atom. The highest BCUT2D eigenvalue weighted by Crippen LogP contribution is 2.29. The van der Waals surface area contributed by atoms with Crippen LogP contribution in [0.2, 0.25) is 0 Å². The van der Waals surface area contributed by atoms with Crippen molar-refractivity contribution in [3.63, 3.8) is 0 Å². The largest absolute Gasteiger partial charge is 0.496 e. The van der Waals surface area contributed by atoms with Crippen molar-refractivity contribution in [3.8, 4) is 17.2 Å². The van der Waals surface area contributed by atoms with E-state index in [0.29, 0.717) is 22.9 Å². The van der Waals surface area contributed by atoms with E-state index >= 15 is 0 Å². The number of amides is 2. The fraction of sp³-hybridized carbons (Fsp3) is 0.0909. The second-order valence-corrected chi connectivity index (χ2v) is 5.86. The van der Waals surface area contributed by atoms with Gasteiger partial charge in [-0.3, -0.25) is 9.59 Å². The smallest absolute Gasteiger partial charge is 0.313 e. The molecule has 3 rings (SSSR count). The lowest BCUT2D eigenvalue weighted by Crippen LogP contribution is -2.35. The number of para-hydroxylation sites is 4. The molecule has 2 amide bonds. The van der Waals surface area contributed by atoms with Crippen LogP contribution in [0.3, 0.4) is 0 Å². The topological polar surface area (TPSA) is 76.7 Å². The van der Waals surface area contributed by atoms with Crippen LogP contribution >= 0.6 is 0 Å². The van der Waals surface area contributed by atoms with Gasteiger partial charge in [-0.1, -0.05) is 48.5 Å². The highest BCUT2D eigenvalue weighted by molar-refractivity contribution is 6.39. The summed E-state index contributed by atoms with van der Waals surface area (Å²) in [5.41, 5.74) is 1.18. The molecule has 3 aromatic rings. The Balaban J connectivity index is 1.63. The van der Waals surface area contributed by atoms with Crippen LogP contribution in [0.25, 0.3) is 0 Å². The lowest BCUT2D eigenvalue weighted by molar-refractivity contribution is -0.136. The maximum absolute atomic E-state index is 12.3. The van der Waals surface area contributed by atoms with Crippen LogP contribution in [-0.2, 0) is 16.1 Å². The Kier molecular flexibility index (Phi) is 6.25. The Hall–Kier alpha value is -3.80. The number of methoxy groups -OCH3 is 1. The van der Waals surface area contributed by atoms with Gasteiger partial charge in [-0.25, -0.2) is 0 Å². The van der Waals surface area contributed by atoms with Gasteiger partial charge in [0.15, 0.2) is 5.75 Å². The summed E-state index contributed by atoms with van der Waals surface area (Å²) in [6.45, 7) is 0.179. The van der Waals surface area contributed by atoms with Gasteiger partial charge in [-0.2, -0.15) is 0 Å². The number of ether oxygens (including phenoxy) is 2. The van der Waals surface area contributed by atoms with E-state index in [1.165, 1.54) is 0 Å². The molecule has 3 aromatic carbocycles. The molecule has 2 N–H and O–H groups in total. The van der Waals surface area contributed by atoms with Crippen molar-refractivity contribution in [3.05, 3.63) is 84.4 Å². The molecule has 6 nitrogen and oxygen atoms in total. The van der Waals surface area contributed by atoms with Gasteiger partial charge < -0.3 is 20.1 Å². The molecule has 0 bridgehead atoms. The summed E-state index contributed by atoms with van der Waals surface area (Å²) in [7, 11) is 1.55. The van der Waals surface area contributed by atoms with Crippen LogP contribution in [0.4, 0.5) is 5.69 Å². The molecule has 6 heteroatoms. The Morgan fingerprint density at radius 1 is 0.786 bits per heavy atom. The van der Waals surface area contributed by atoms with E-state index in [4.69, 9.17) is 9.47 Å². The molecule has 0 aliphatic heterocycles. The molecule has 0 saturated heterocycles. The summed E-state index contributed by atoms with van der Waals surface area (Å²) in [4.78, 5) is 24.5. The van der Waals surface area contributed by atoms with Crippen molar-refractivity contribution in [2.24, 2.45) is 0 Å². The van der Waals surface area contributed by atoms with Crippen molar-refractivity contribution >= 4 is 17.5 Å². The summed E-state index contributed by atoms with van der Waals surface area (Å²) < 4.78 is 11.0. The van der Waals surface area contributed by atoms with Crippen LogP contribution < -0.4 is 20.1 Å². The molecule has 28 heavy (non-hydrogen) atoms. The molecule has 0 spiro atoms. The van der Waals surface area contributed by atoms with Crippen molar-refractivity contribution in [2.75, 3.05) is 12.4 Å². The number of anilines is 1. The van der Waals surface area contributed by atoms with E-state index in [2.05, 4.69) is 10.6 Å². The molecule has 0 fully saturated rings. The van der Waals surface area contributed by atoms with Crippen LogP contribution in [0.5, 0.6) is 17.2 Å². The minimum atomic E-state index is -0.779. The zero-order valence-corrected chi connectivity index (χ0v) is 15.3. The van der Waals surface area contributed by atoms with Crippen molar-refractivity contribution < 1.29 is 19.1 Å². The lowest BCUT2D eigenvalue weighted by Gasteiger charge is -2.12. The van der Waals surface area contributed by atoms with Crippen LogP contribution in [0.15, 0.2) is 78.9 Å². The summed E-state index contributed by atoms with van der Waals surface area (Å²) in [6.07, 6.45) is 0. The van der Waals surface area contributed by atoms with Gasteiger partial charge in [0.05, 0.1) is 12.8 Å². The molecule has 142 valence electrons. The Bertz CT molecular complexity index is 958. The van der Waals surface area contributed by atoms with E-state index in [1.807, 2.05) is 36.4 Å². The second-order valence-electron chi connectivity index (χ2n) is 5.86. The average Bonchev–Trinajstić information content (AvgIpc) is 2.74. The molecule has 0 radical (unpaired) electrons. The number of carbonyl (C=O) groups is 2. The molecular weight excluding hydrogens is 356 g/mol. The number of benzene rings is 3. The Labute approximate surface area is 163 Å². The van der Waals surface area contributed by atoms with Crippen molar-refractivity contribution in [1.29, 1.82) is 0 Å². The lowest BCUT2D eigenvalue weighted by atomic mass is 10.2. The summed E-state index contributed by atoms with van der Waals surface area (Å²) in [6, 6.07) is 23.4. The van der Waals surface area contributed by atoms with Gasteiger partial charge >= 0.3 is 11.8 Å². The average molecular weight is 376 g/mol. The standard InChI is InChI=1S/C22H20N2O4/c1-27-19-13-7-5-9-16(19)15-23-21(25)22(26)24-18-12-6-8-14-20(18)28-17-10-3-2-4-11-17/h2-14H,15H2,1H3,(H,23,25)(H,24,26). The second kappa shape index (κ2) is 9.23. The molecule has 0 saturated carbocycles. The van der Waals surface area contributed by atoms with Crippen LogP contribution in [-0.4, -0.2) is 18.9 Å². The van der Waals surface area contributed by atoms with E-state index < -0.39 is 11.8 Å². The minimum absolute atomic E-state index is 0.179. The maximum atomic E-state index is 12.3. The molecular formula is C22H20N2O4. The van der Waals surface area contributed by atoms with Crippen molar-refractivity contribution in [2.45, 2.75) is 6.54 Å². The summed E-state index contributed by atoms with van der Waals surface area (Å²) in [5.74, 6) is 0.189. The predicted octanol–water partition coefficient (Wildman–Crippen LogP) is 3.74. The normalized spacial score (nSPS) is 10.0. The van der Waals surface area contributed by atoms with Gasteiger partial charge in [-0.15, -0.1) is 0 Å². The van der Waals surface area contributed by atoms with Gasteiger partial charge in [0.1, 0.15) is 11.5 Å². The summed E-state index contributed by atoms with van der Waals surface area (Å²) in [5, 5.41) is 5.18. The molecule has 0 atom stereocenters. The zero-order chi connectivity index (χ0) is 19.8. The number of rotatable bonds is 6. The minimum Gasteiger partial charge on any atom is -0.496 e. The quantitative estimate of drug-likeness (QED) is 0.643. The van der Waals surface area contributed by atoms with Gasteiger partial charge in [0.25, 0.3) is 0 Å². The first-order valence-corrected chi connectivity index (χ1v) is 8.70. The maximum Gasteiger partial charge on any atom is 0.313 e. The third-order valence-corrected chi connectivity index (χ3v) is 3.94. The number of hydrogen-bond acceptors (Lipinski definition) is 4. The van der Waals surface area contributed by atoms with Crippen LogP contribution in [0, 0.1) is 0 Å². The van der Waals surface area contributed by atoms with E-state index in [0.717, 1.165) is 5.56 Å². The summed E-state index contributed by atoms with van der Waals surface area (Å²) >= 11 is 0. The number of hydrogen-bond donors (Lipinski definition) is 2. The third-order valence-electron chi connectivity index (χ3n) is 3.94. The molecule has 0 aliphatic rings. The van der Waals surface area contributed by atoms with Crippen LogP contribution in [0.1, 0.15) is 5.56 Å². The van der Waals surface area contributed by atoms with E-state index in [-0.39, 0.29) is 6.54 Å². The van der Waals surface area contributed by atoms with E-state index in [9.17, 15) is 9.59 Å². The fourth-order valence-corrected chi connectivity index (χ4v) is 2.56. The number of nitrogens with one attached hydrogen (secondary N) is 2. The molecule has 0 unspecified atom stereocenters. The third kappa shape index (κ3) is 4.88. The van der Waals surface area contributed by atoms with Crippen molar-refractivity contribution in [1.82, 2.24) is 5.32 Å². The highest BCUT2D eigenvalue weighted by Gasteiger charge is 2.16. The van der Waals surface area contributed by atoms with Gasteiger partial charge in [-0.05, 0) is 30.3 Å². The van der Waals surface area contributed by atoms with Gasteiger partial charge in [0, 0.05) is 12.1 Å².